The Kier molecular flexibility index (Phi) is 6.64. The first-order valence-electron chi connectivity index (χ1n) is 9.52. The van der Waals surface area contributed by atoms with Crippen LogP contribution in [0.2, 0.25) is 0 Å². The van der Waals surface area contributed by atoms with Crippen molar-refractivity contribution in [1.82, 2.24) is 9.88 Å². The van der Waals surface area contributed by atoms with E-state index in [0.29, 0.717) is 24.2 Å². The van der Waals surface area contributed by atoms with Crippen LogP contribution in [0.1, 0.15) is 22.4 Å². The van der Waals surface area contributed by atoms with Crippen molar-refractivity contribution in [2.75, 3.05) is 5.32 Å². The molecule has 0 unspecified atom stereocenters. The molecule has 0 fully saturated rings. The fourth-order valence-electron chi connectivity index (χ4n) is 3.19. The van der Waals surface area contributed by atoms with Crippen LogP contribution >= 0.6 is 0 Å². The van der Waals surface area contributed by atoms with Crippen LogP contribution in [0.15, 0.2) is 71.5 Å². The fraction of sp³-hybridized carbons (Fsp3) is 0.174. The number of aryl methyl sites for hydroxylation is 1. The van der Waals surface area contributed by atoms with Gasteiger partial charge in [-0.2, -0.15) is 0 Å². The van der Waals surface area contributed by atoms with Crippen LogP contribution in [0.3, 0.4) is 0 Å². The van der Waals surface area contributed by atoms with Crippen molar-refractivity contribution in [3.8, 4) is 0 Å². The fourth-order valence-corrected chi connectivity index (χ4v) is 3.19. The summed E-state index contributed by atoms with van der Waals surface area (Å²) < 4.78 is 1.14. The number of aromatic nitrogens is 1. The standard InChI is InChI=1S/C23H23N3O4/c1-16-12-19(13-17-8-4-2-5-9-17)21(22(29)26(16)15-20(27)28)25-23(30)24-14-18-10-6-3-7-11-18/h2-12H,13-15H2,1H3,(H,27,28)(H2,24,25,30). The van der Waals surface area contributed by atoms with Gasteiger partial charge in [0.1, 0.15) is 12.2 Å². The Labute approximate surface area is 174 Å². The Balaban J connectivity index is 1.89. The smallest absolute Gasteiger partial charge is 0.323 e. The molecule has 7 nitrogen and oxygen atoms in total. The van der Waals surface area contributed by atoms with E-state index in [1.165, 1.54) is 0 Å². The predicted molar refractivity (Wildman–Crippen MR) is 115 cm³/mol. The summed E-state index contributed by atoms with van der Waals surface area (Å²) in [5, 5.41) is 14.5. The first-order chi connectivity index (χ1) is 14.4. The average molecular weight is 405 g/mol. The number of nitrogens with one attached hydrogen (secondary N) is 2. The van der Waals surface area contributed by atoms with Gasteiger partial charge in [0.25, 0.3) is 5.56 Å². The van der Waals surface area contributed by atoms with Gasteiger partial charge in [0.05, 0.1) is 0 Å². The highest BCUT2D eigenvalue weighted by Crippen LogP contribution is 2.18. The third-order valence-electron chi connectivity index (χ3n) is 4.65. The van der Waals surface area contributed by atoms with Crippen LogP contribution in [0.5, 0.6) is 0 Å². The van der Waals surface area contributed by atoms with E-state index in [2.05, 4.69) is 10.6 Å². The maximum Gasteiger partial charge on any atom is 0.323 e. The summed E-state index contributed by atoms with van der Waals surface area (Å²) in [6.45, 7) is 1.50. The zero-order valence-corrected chi connectivity index (χ0v) is 16.6. The monoisotopic (exact) mass is 405 g/mol. The molecule has 3 aromatic rings. The van der Waals surface area contributed by atoms with Crippen molar-refractivity contribution in [2.24, 2.45) is 0 Å². The normalized spacial score (nSPS) is 10.4. The molecule has 0 saturated heterocycles. The van der Waals surface area contributed by atoms with Crippen molar-refractivity contribution in [3.05, 3.63) is 99.5 Å². The van der Waals surface area contributed by atoms with Crippen LogP contribution in [-0.4, -0.2) is 21.7 Å². The Bertz CT molecular complexity index is 1090. The van der Waals surface area contributed by atoms with Crippen LogP contribution in [0.25, 0.3) is 0 Å². The van der Waals surface area contributed by atoms with Crippen LogP contribution < -0.4 is 16.2 Å². The largest absolute Gasteiger partial charge is 0.480 e. The van der Waals surface area contributed by atoms with Crippen molar-refractivity contribution in [1.29, 1.82) is 0 Å². The van der Waals surface area contributed by atoms with Crippen molar-refractivity contribution >= 4 is 17.7 Å². The van der Waals surface area contributed by atoms with Gasteiger partial charge in [-0.3, -0.25) is 14.2 Å². The number of amides is 2. The molecule has 3 N–H and O–H groups in total. The number of carboxylic acids is 1. The quantitative estimate of drug-likeness (QED) is 0.562. The molecule has 3 rings (SSSR count). The number of nitrogens with zero attached hydrogens (tertiary/aromatic N) is 1. The number of anilines is 1. The van der Waals surface area contributed by atoms with E-state index in [1.54, 1.807) is 13.0 Å². The topological polar surface area (TPSA) is 100 Å². The lowest BCUT2D eigenvalue weighted by Crippen LogP contribution is -2.35. The molecular weight excluding hydrogens is 382 g/mol. The van der Waals surface area contributed by atoms with Gasteiger partial charge in [-0.25, -0.2) is 4.79 Å². The van der Waals surface area contributed by atoms with Gasteiger partial charge < -0.3 is 15.7 Å². The summed E-state index contributed by atoms with van der Waals surface area (Å²) in [5.41, 5.74) is 2.57. The van der Waals surface area contributed by atoms with Gasteiger partial charge in [0.2, 0.25) is 0 Å². The minimum atomic E-state index is -1.13. The van der Waals surface area contributed by atoms with Gasteiger partial charge in [-0.15, -0.1) is 0 Å². The minimum Gasteiger partial charge on any atom is -0.480 e. The van der Waals surface area contributed by atoms with Crippen molar-refractivity contribution in [3.63, 3.8) is 0 Å². The highest BCUT2D eigenvalue weighted by molar-refractivity contribution is 5.90. The van der Waals surface area contributed by atoms with Gasteiger partial charge >= 0.3 is 12.0 Å². The Hall–Kier alpha value is -3.87. The average Bonchev–Trinajstić information content (AvgIpc) is 2.74. The lowest BCUT2D eigenvalue weighted by Gasteiger charge is -2.16. The number of urea groups is 1. The zero-order chi connectivity index (χ0) is 21.5. The minimum absolute atomic E-state index is 0.0799. The number of carbonyl (C=O) groups excluding carboxylic acids is 1. The highest BCUT2D eigenvalue weighted by Gasteiger charge is 2.17. The Morgan fingerprint density at radius 3 is 2.17 bits per heavy atom. The number of pyridine rings is 1. The number of hydrogen-bond acceptors (Lipinski definition) is 3. The molecule has 2 aromatic carbocycles. The van der Waals surface area contributed by atoms with E-state index in [1.807, 2.05) is 60.7 Å². The Morgan fingerprint density at radius 1 is 0.967 bits per heavy atom. The summed E-state index contributed by atoms with van der Waals surface area (Å²) in [5.74, 6) is -1.13. The lowest BCUT2D eigenvalue weighted by molar-refractivity contribution is -0.137. The van der Waals surface area contributed by atoms with Crippen LogP contribution in [0, 0.1) is 6.92 Å². The zero-order valence-electron chi connectivity index (χ0n) is 16.6. The van der Waals surface area contributed by atoms with Crippen molar-refractivity contribution in [2.45, 2.75) is 26.4 Å². The molecule has 154 valence electrons. The molecule has 0 atom stereocenters. The molecular formula is C23H23N3O4. The second kappa shape index (κ2) is 9.56. The molecule has 30 heavy (non-hydrogen) atoms. The molecule has 0 radical (unpaired) electrons. The van der Waals surface area contributed by atoms with E-state index in [9.17, 15) is 14.4 Å². The van der Waals surface area contributed by atoms with E-state index in [4.69, 9.17) is 5.11 Å². The maximum absolute atomic E-state index is 13.0. The number of aliphatic carboxylic acids is 1. The SMILES string of the molecule is Cc1cc(Cc2ccccc2)c(NC(=O)NCc2ccccc2)c(=O)n1CC(=O)O. The number of rotatable bonds is 7. The molecule has 2 amide bonds. The number of carboxylic acid groups (broad SMARTS) is 1. The summed E-state index contributed by atoms with van der Waals surface area (Å²) in [4.78, 5) is 36.7. The van der Waals surface area contributed by atoms with E-state index < -0.39 is 24.1 Å². The second-order valence-electron chi connectivity index (χ2n) is 6.93. The third kappa shape index (κ3) is 5.35. The van der Waals surface area contributed by atoms with E-state index in [-0.39, 0.29) is 5.69 Å². The number of hydrogen-bond donors (Lipinski definition) is 3. The van der Waals surface area contributed by atoms with E-state index >= 15 is 0 Å². The first kappa shape index (κ1) is 20.9. The van der Waals surface area contributed by atoms with Gasteiger partial charge in [-0.1, -0.05) is 60.7 Å². The maximum atomic E-state index is 13.0. The summed E-state index contributed by atoms with van der Waals surface area (Å²) in [6.07, 6.45) is 0.430. The van der Waals surface area contributed by atoms with E-state index in [0.717, 1.165) is 15.7 Å². The second-order valence-corrected chi connectivity index (χ2v) is 6.93. The Morgan fingerprint density at radius 2 is 1.57 bits per heavy atom. The first-order valence-corrected chi connectivity index (χ1v) is 9.52. The predicted octanol–water partition coefficient (Wildman–Crippen LogP) is 3.15. The van der Waals surface area contributed by atoms with Crippen LogP contribution in [-0.2, 0) is 24.3 Å². The number of carbonyl (C=O) groups is 2. The van der Waals surface area contributed by atoms with Gasteiger partial charge in [-0.05, 0) is 36.1 Å². The highest BCUT2D eigenvalue weighted by atomic mass is 16.4. The molecule has 0 aliphatic rings. The summed E-state index contributed by atoms with van der Waals surface area (Å²) >= 11 is 0. The number of benzene rings is 2. The molecule has 7 heteroatoms. The molecule has 0 saturated carbocycles. The summed E-state index contributed by atoms with van der Waals surface area (Å²) in [7, 11) is 0. The lowest BCUT2D eigenvalue weighted by atomic mass is 10.0. The van der Waals surface area contributed by atoms with Crippen molar-refractivity contribution < 1.29 is 14.7 Å². The summed E-state index contributed by atoms with van der Waals surface area (Å²) in [6, 6.07) is 20.1. The molecule has 1 aromatic heterocycles. The third-order valence-corrected chi connectivity index (χ3v) is 4.65. The molecule has 0 spiro atoms. The molecule has 0 bridgehead atoms. The van der Waals surface area contributed by atoms with Gasteiger partial charge in [0.15, 0.2) is 0 Å². The van der Waals surface area contributed by atoms with Crippen LogP contribution in [0.4, 0.5) is 10.5 Å². The molecule has 0 aliphatic heterocycles. The molecule has 0 aliphatic carbocycles. The molecule has 1 heterocycles. The van der Waals surface area contributed by atoms with Gasteiger partial charge in [0, 0.05) is 12.2 Å².